The molecule has 0 bridgehead atoms. The fraction of sp³-hybridized carbons (Fsp3) is 0.571. The molecule has 2 N–H and O–H groups in total. The molecule has 1 saturated heterocycles. The van der Waals surface area contributed by atoms with Crippen LogP contribution in [-0.4, -0.2) is 31.1 Å². The van der Waals surface area contributed by atoms with Crippen LogP contribution in [0, 0.1) is 0 Å². The summed E-state index contributed by atoms with van der Waals surface area (Å²) in [5.74, 6) is 0.782. The molecular weight excluding hydrogens is 248 g/mol. The van der Waals surface area contributed by atoms with Crippen molar-refractivity contribution in [2.75, 3.05) is 20.1 Å². The van der Waals surface area contributed by atoms with Gasteiger partial charge in [-0.3, -0.25) is 0 Å². The molecule has 1 aliphatic carbocycles. The number of nitrogens with zero attached hydrogens (tertiary/aromatic N) is 1. The summed E-state index contributed by atoms with van der Waals surface area (Å²) < 4.78 is 5.95. The number of nitrogens with two attached hydrogens (primary N) is 1. The van der Waals surface area contributed by atoms with Gasteiger partial charge in [0.2, 0.25) is 0 Å². The Labute approximate surface area is 113 Å². The number of ether oxygens (including phenoxy) is 1. The van der Waals surface area contributed by atoms with Crippen LogP contribution < -0.4 is 10.5 Å². The summed E-state index contributed by atoms with van der Waals surface area (Å²) in [6.45, 7) is 2.06. The number of benzene rings is 1. The predicted octanol–water partition coefficient (Wildman–Crippen LogP) is 2.37. The second kappa shape index (κ2) is 4.41. The molecule has 3 rings (SSSR count). The number of halogens is 1. The average molecular weight is 267 g/mol. The fourth-order valence-electron chi connectivity index (χ4n) is 2.50. The molecule has 18 heavy (non-hydrogen) atoms. The lowest BCUT2D eigenvalue weighted by Gasteiger charge is -2.16. The van der Waals surface area contributed by atoms with Gasteiger partial charge >= 0.3 is 0 Å². The third-order valence-electron chi connectivity index (χ3n) is 3.94. The highest BCUT2D eigenvalue weighted by atomic mass is 35.5. The van der Waals surface area contributed by atoms with Crippen LogP contribution in [0.1, 0.15) is 24.8 Å². The maximum absolute atomic E-state index is 6.28. The Morgan fingerprint density at radius 3 is 2.78 bits per heavy atom. The highest BCUT2D eigenvalue weighted by Crippen LogP contribution is 2.44. The van der Waals surface area contributed by atoms with Crippen LogP contribution in [0.25, 0.3) is 0 Å². The van der Waals surface area contributed by atoms with Crippen molar-refractivity contribution >= 4 is 11.6 Å². The van der Waals surface area contributed by atoms with Gasteiger partial charge in [-0.25, -0.2) is 0 Å². The highest BCUT2D eigenvalue weighted by Gasteiger charge is 2.40. The summed E-state index contributed by atoms with van der Waals surface area (Å²) in [7, 11) is 2.11. The third kappa shape index (κ3) is 2.35. The van der Waals surface area contributed by atoms with Gasteiger partial charge in [0.15, 0.2) is 0 Å². The normalized spacial score (nSPS) is 26.3. The standard InChI is InChI=1S/C14H19ClN2O/c1-17-7-4-11(9-17)18-13-3-2-10(8-12(13)15)14(16)5-6-14/h2-3,8,11H,4-7,9,16H2,1H3. The summed E-state index contributed by atoms with van der Waals surface area (Å²) in [5, 5.41) is 0.679. The van der Waals surface area contributed by atoms with Crippen molar-refractivity contribution in [3.63, 3.8) is 0 Å². The van der Waals surface area contributed by atoms with E-state index in [1.54, 1.807) is 0 Å². The monoisotopic (exact) mass is 266 g/mol. The Kier molecular flexibility index (Phi) is 3.00. The largest absolute Gasteiger partial charge is 0.487 e. The number of rotatable bonds is 3. The molecule has 3 nitrogen and oxygen atoms in total. The maximum atomic E-state index is 6.28. The molecule has 1 heterocycles. The molecule has 0 aromatic heterocycles. The second-order valence-corrected chi connectivity index (χ2v) is 6.00. The zero-order valence-electron chi connectivity index (χ0n) is 10.7. The van der Waals surface area contributed by atoms with Gasteiger partial charge in [-0.1, -0.05) is 17.7 Å². The van der Waals surface area contributed by atoms with Gasteiger partial charge in [0.05, 0.1) is 5.02 Å². The maximum Gasteiger partial charge on any atom is 0.138 e. The van der Waals surface area contributed by atoms with Crippen molar-refractivity contribution in [3.05, 3.63) is 28.8 Å². The number of hydrogen-bond donors (Lipinski definition) is 1. The lowest BCUT2D eigenvalue weighted by Crippen LogP contribution is -2.22. The van der Waals surface area contributed by atoms with Gasteiger partial charge in [-0.2, -0.15) is 0 Å². The van der Waals surface area contributed by atoms with Crippen LogP contribution in [0.5, 0.6) is 5.75 Å². The van der Waals surface area contributed by atoms with E-state index in [0.717, 1.165) is 43.7 Å². The van der Waals surface area contributed by atoms with E-state index >= 15 is 0 Å². The van der Waals surface area contributed by atoms with Crippen LogP contribution >= 0.6 is 11.6 Å². The van der Waals surface area contributed by atoms with Crippen LogP contribution in [0.2, 0.25) is 5.02 Å². The summed E-state index contributed by atoms with van der Waals surface area (Å²) in [6.07, 6.45) is 3.43. The Bertz CT molecular complexity index is 459. The van der Waals surface area contributed by atoms with Gasteiger partial charge in [0.1, 0.15) is 11.9 Å². The van der Waals surface area contributed by atoms with Crippen LogP contribution in [0.3, 0.4) is 0 Å². The van der Waals surface area contributed by atoms with E-state index < -0.39 is 0 Å². The molecule has 1 aliphatic heterocycles. The van der Waals surface area contributed by atoms with E-state index in [1.807, 2.05) is 18.2 Å². The van der Waals surface area contributed by atoms with Crippen molar-refractivity contribution in [1.29, 1.82) is 0 Å². The van der Waals surface area contributed by atoms with E-state index in [1.165, 1.54) is 0 Å². The Morgan fingerprint density at radius 1 is 1.44 bits per heavy atom. The van der Waals surface area contributed by atoms with Crippen molar-refractivity contribution in [2.24, 2.45) is 5.73 Å². The minimum absolute atomic E-state index is 0.129. The van der Waals surface area contributed by atoms with Crippen LogP contribution in [-0.2, 0) is 5.54 Å². The molecular formula is C14H19ClN2O. The molecule has 1 aromatic rings. The Hall–Kier alpha value is -0.770. The van der Waals surface area contributed by atoms with Crippen molar-refractivity contribution < 1.29 is 4.74 Å². The summed E-state index contributed by atoms with van der Waals surface area (Å²) in [4.78, 5) is 2.27. The smallest absolute Gasteiger partial charge is 0.138 e. The van der Waals surface area contributed by atoms with E-state index in [4.69, 9.17) is 22.1 Å². The van der Waals surface area contributed by atoms with E-state index in [2.05, 4.69) is 11.9 Å². The van der Waals surface area contributed by atoms with Crippen LogP contribution in [0.4, 0.5) is 0 Å². The molecule has 0 spiro atoms. The molecule has 1 aromatic carbocycles. The molecule has 1 unspecified atom stereocenters. The fourth-order valence-corrected chi connectivity index (χ4v) is 2.72. The van der Waals surface area contributed by atoms with Gasteiger partial charge in [-0.15, -0.1) is 0 Å². The minimum atomic E-state index is -0.129. The zero-order valence-corrected chi connectivity index (χ0v) is 11.4. The molecule has 2 fully saturated rings. The van der Waals surface area contributed by atoms with E-state index in [-0.39, 0.29) is 11.6 Å². The van der Waals surface area contributed by atoms with Gasteiger partial charge < -0.3 is 15.4 Å². The van der Waals surface area contributed by atoms with Crippen molar-refractivity contribution in [1.82, 2.24) is 4.90 Å². The first kappa shape index (κ1) is 12.3. The average Bonchev–Trinajstić information content (AvgIpc) is 2.95. The summed E-state index contributed by atoms with van der Waals surface area (Å²) in [5.41, 5.74) is 7.16. The van der Waals surface area contributed by atoms with E-state index in [9.17, 15) is 0 Å². The lowest BCUT2D eigenvalue weighted by atomic mass is 10.1. The van der Waals surface area contributed by atoms with Gasteiger partial charge in [0, 0.05) is 18.6 Å². The summed E-state index contributed by atoms with van der Waals surface area (Å²) in [6, 6.07) is 5.97. The first-order chi connectivity index (χ1) is 8.57. The quantitative estimate of drug-likeness (QED) is 0.913. The highest BCUT2D eigenvalue weighted by molar-refractivity contribution is 6.32. The Balaban J connectivity index is 1.73. The molecule has 4 heteroatoms. The molecule has 98 valence electrons. The first-order valence-corrected chi connectivity index (χ1v) is 6.89. The minimum Gasteiger partial charge on any atom is -0.487 e. The zero-order chi connectivity index (χ0) is 12.8. The Morgan fingerprint density at radius 2 is 2.22 bits per heavy atom. The second-order valence-electron chi connectivity index (χ2n) is 5.59. The number of hydrogen-bond acceptors (Lipinski definition) is 3. The molecule has 0 amide bonds. The van der Waals surface area contributed by atoms with Gasteiger partial charge in [0.25, 0.3) is 0 Å². The lowest BCUT2D eigenvalue weighted by molar-refractivity contribution is 0.208. The van der Waals surface area contributed by atoms with Crippen molar-refractivity contribution in [2.45, 2.75) is 30.9 Å². The number of likely N-dealkylation sites (N-methyl/N-ethyl adjacent to an activating group) is 1. The topological polar surface area (TPSA) is 38.5 Å². The molecule has 1 saturated carbocycles. The molecule has 1 atom stereocenters. The number of likely N-dealkylation sites (tertiary alicyclic amines) is 1. The van der Waals surface area contributed by atoms with Crippen molar-refractivity contribution in [3.8, 4) is 5.75 Å². The predicted molar refractivity (Wildman–Crippen MR) is 73.1 cm³/mol. The molecule has 2 aliphatic rings. The molecule has 0 radical (unpaired) electrons. The SMILES string of the molecule is CN1CCC(Oc2ccc(C3(N)CC3)cc2Cl)C1. The third-order valence-corrected chi connectivity index (χ3v) is 4.23. The van der Waals surface area contributed by atoms with Crippen LogP contribution in [0.15, 0.2) is 18.2 Å². The summed E-state index contributed by atoms with van der Waals surface area (Å²) >= 11 is 6.28. The van der Waals surface area contributed by atoms with E-state index in [0.29, 0.717) is 5.02 Å². The van der Waals surface area contributed by atoms with Gasteiger partial charge in [-0.05, 0) is 44.0 Å². The first-order valence-electron chi connectivity index (χ1n) is 6.51.